The van der Waals surface area contributed by atoms with E-state index in [1.807, 2.05) is 24.3 Å². The molecule has 0 radical (unpaired) electrons. The number of hydrogen-bond acceptors (Lipinski definition) is 6. The molecule has 2 aromatic rings. The van der Waals surface area contributed by atoms with Gasteiger partial charge in [0.1, 0.15) is 11.5 Å². The molecule has 0 spiro atoms. The van der Waals surface area contributed by atoms with E-state index in [1.165, 1.54) is 25.7 Å². The second-order valence-electron chi connectivity index (χ2n) is 13.1. The molecule has 8 nitrogen and oxygen atoms in total. The summed E-state index contributed by atoms with van der Waals surface area (Å²) in [5, 5.41) is 24.2. The Balaban J connectivity index is 1.13. The van der Waals surface area contributed by atoms with Crippen molar-refractivity contribution < 1.29 is 19.1 Å². The molecular weight excluding hydrogens is 600 g/mol. The van der Waals surface area contributed by atoms with E-state index >= 15 is 0 Å². The normalized spacial score (nSPS) is 15.5. The number of nitrogens with one attached hydrogen (secondary N) is 2. The van der Waals surface area contributed by atoms with Gasteiger partial charge in [0.2, 0.25) is 11.8 Å². The SMILES string of the molecule is N#Cc1ccc(OCCCCCCCCCC(=O)N[C@@H]2CCCC[C@H]2NC(=O)CCCCCCCCCOc2ccc(C#N)cc2)cc1. The summed E-state index contributed by atoms with van der Waals surface area (Å²) >= 11 is 0. The van der Waals surface area contributed by atoms with Gasteiger partial charge in [-0.15, -0.1) is 0 Å². The van der Waals surface area contributed by atoms with Crippen molar-refractivity contribution in [2.75, 3.05) is 13.2 Å². The summed E-state index contributed by atoms with van der Waals surface area (Å²) in [7, 11) is 0. The quantitative estimate of drug-likeness (QED) is 0.109. The number of nitriles is 2. The van der Waals surface area contributed by atoms with Gasteiger partial charge in [-0.3, -0.25) is 9.59 Å². The van der Waals surface area contributed by atoms with Gasteiger partial charge in [0.05, 0.1) is 36.5 Å². The number of rotatable bonds is 24. The van der Waals surface area contributed by atoms with Crippen LogP contribution in [0.25, 0.3) is 0 Å². The van der Waals surface area contributed by atoms with Crippen molar-refractivity contribution in [3.05, 3.63) is 59.7 Å². The highest BCUT2D eigenvalue weighted by atomic mass is 16.5. The minimum atomic E-state index is 0.0441. The Morgan fingerprint density at radius 2 is 0.875 bits per heavy atom. The molecule has 0 saturated heterocycles. The summed E-state index contributed by atoms with van der Waals surface area (Å²) in [6.07, 6.45) is 20.4. The van der Waals surface area contributed by atoms with Gasteiger partial charge in [-0.2, -0.15) is 10.5 Å². The Morgan fingerprint density at radius 1 is 0.542 bits per heavy atom. The fourth-order valence-electron chi connectivity index (χ4n) is 6.21. The molecule has 0 heterocycles. The largest absolute Gasteiger partial charge is 0.494 e. The standard InChI is InChI=1S/C40H56N4O4/c41-31-33-21-25-35(26-22-33)47-29-15-9-5-1-3-7-11-19-39(45)43-37-17-13-14-18-38(37)44-40(46)20-12-8-4-2-6-10-16-30-48-36-27-23-34(32-42)24-28-36/h21-28,37-38H,1-20,29-30H2,(H,43,45)(H,44,46)/t37-,38-/m1/s1. The zero-order chi connectivity index (χ0) is 34.1. The lowest BCUT2D eigenvalue weighted by Gasteiger charge is -2.33. The molecule has 2 aromatic carbocycles. The highest BCUT2D eigenvalue weighted by Crippen LogP contribution is 2.20. The molecule has 2 atom stereocenters. The van der Waals surface area contributed by atoms with Crippen LogP contribution in [0.5, 0.6) is 11.5 Å². The van der Waals surface area contributed by atoms with Crippen LogP contribution in [-0.4, -0.2) is 37.1 Å². The number of nitrogens with zero attached hydrogens (tertiary/aromatic N) is 2. The molecule has 260 valence electrons. The van der Waals surface area contributed by atoms with E-state index in [2.05, 4.69) is 22.8 Å². The highest BCUT2D eigenvalue weighted by molar-refractivity contribution is 5.77. The molecule has 0 unspecified atom stereocenters. The van der Waals surface area contributed by atoms with Crippen LogP contribution in [-0.2, 0) is 9.59 Å². The Hall–Kier alpha value is -4.04. The van der Waals surface area contributed by atoms with Crippen molar-refractivity contribution in [3.8, 4) is 23.6 Å². The average molecular weight is 657 g/mol. The third-order valence-electron chi connectivity index (χ3n) is 9.06. The molecule has 0 bridgehead atoms. The smallest absolute Gasteiger partial charge is 0.220 e. The lowest BCUT2D eigenvalue weighted by molar-refractivity contribution is -0.125. The van der Waals surface area contributed by atoms with Crippen LogP contribution in [0.1, 0.15) is 140 Å². The van der Waals surface area contributed by atoms with Gasteiger partial charge in [-0.25, -0.2) is 0 Å². The molecular formula is C40H56N4O4. The zero-order valence-corrected chi connectivity index (χ0v) is 28.9. The molecule has 2 amide bonds. The highest BCUT2D eigenvalue weighted by Gasteiger charge is 2.27. The van der Waals surface area contributed by atoms with E-state index in [0.717, 1.165) is 101 Å². The monoisotopic (exact) mass is 656 g/mol. The van der Waals surface area contributed by atoms with Crippen LogP contribution in [0.15, 0.2) is 48.5 Å². The number of hydrogen-bond donors (Lipinski definition) is 2. The van der Waals surface area contributed by atoms with Gasteiger partial charge in [-0.1, -0.05) is 77.0 Å². The lowest BCUT2D eigenvalue weighted by atomic mass is 9.90. The summed E-state index contributed by atoms with van der Waals surface area (Å²) in [5.74, 6) is 1.84. The number of unbranched alkanes of at least 4 members (excludes halogenated alkanes) is 12. The third-order valence-corrected chi connectivity index (χ3v) is 9.06. The van der Waals surface area contributed by atoms with Crippen molar-refractivity contribution in [1.82, 2.24) is 10.6 Å². The third kappa shape index (κ3) is 16.7. The van der Waals surface area contributed by atoms with Crippen LogP contribution in [0.3, 0.4) is 0 Å². The molecule has 0 aliphatic heterocycles. The number of amides is 2. The zero-order valence-electron chi connectivity index (χ0n) is 28.9. The second-order valence-corrected chi connectivity index (χ2v) is 13.1. The Labute approximate surface area is 288 Å². The van der Waals surface area contributed by atoms with Gasteiger partial charge in [0, 0.05) is 24.9 Å². The first-order chi connectivity index (χ1) is 23.6. The number of ether oxygens (including phenoxy) is 2. The molecule has 8 heteroatoms. The summed E-state index contributed by atoms with van der Waals surface area (Å²) < 4.78 is 11.5. The van der Waals surface area contributed by atoms with Gasteiger partial charge >= 0.3 is 0 Å². The fraction of sp³-hybridized carbons (Fsp3) is 0.600. The molecule has 2 N–H and O–H groups in total. The number of carbonyl (C=O) groups excluding carboxylic acids is 2. The number of benzene rings is 2. The van der Waals surface area contributed by atoms with Crippen molar-refractivity contribution in [2.45, 2.75) is 141 Å². The molecule has 1 saturated carbocycles. The predicted octanol–water partition coefficient (Wildman–Crippen LogP) is 8.67. The van der Waals surface area contributed by atoms with Gasteiger partial charge < -0.3 is 20.1 Å². The Morgan fingerprint density at radius 3 is 1.23 bits per heavy atom. The van der Waals surface area contributed by atoms with Crippen LogP contribution in [0.4, 0.5) is 0 Å². The van der Waals surface area contributed by atoms with E-state index in [9.17, 15) is 9.59 Å². The molecule has 3 rings (SSSR count). The first kappa shape index (κ1) is 38.4. The minimum Gasteiger partial charge on any atom is -0.494 e. The van der Waals surface area contributed by atoms with Crippen molar-refractivity contribution in [1.29, 1.82) is 10.5 Å². The van der Waals surface area contributed by atoms with Crippen molar-refractivity contribution in [3.63, 3.8) is 0 Å². The van der Waals surface area contributed by atoms with Gasteiger partial charge in [0.25, 0.3) is 0 Å². The minimum absolute atomic E-state index is 0.0441. The van der Waals surface area contributed by atoms with Gasteiger partial charge in [0.15, 0.2) is 0 Å². The molecule has 1 fully saturated rings. The molecule has 1 aliphatic rings. The maximum Gasteiger partial charge on any atom is 0.220 e. The Bertz CT molecular complexity index is 1170. The maximum absolute atomic E-state index is 12.7. The molecule has 0 aromatic heterocycles. The van der Waals surface area contributed by atoms with E-state index in [-0.39, 0.29) is 23.9 Å². The summed E-state index contributed by atoms with van der Waals surface area (Å²) in [6.45, 7) is 1.38. The lowest BCUT2D eigenvalue weighted by Crippen LogP contribution is -2.53. The van der Waals surface area contributed by atoms with Crippen LogP contribution in [0, 0.1) is 22.7 Å². The van der Waals surface area contributed by atoms with Crippen molar-refractivity contribution >= 4 is 11.8 Å². The predicted molar refractivity (Wildman–Crippen MR) is 190 cm³/mol. The van der Waals surface area contributed by atoms with E-state index in [4.69, 9.17) is 20.0 Å². The second kappa shape index (κ2) is 24.2. The summed E-state index contributed by atoms with van der Waals surface area (Å²) in [4.78, 5) is 25.3. The fourth-order valence-corrected chi connectivity index (χ4v) is 6.21. The van der Waals surface area contributed by atoms with Crippen LogP contribution < -0.4 is 20.1 Å². The van der Waals surface area contributed by atoms with Crippen molar-refractivity contribution in [2.24, 2.45) is 0 Å². The van der Waals surface area contributed by atoms with E-state index in [0.29, 0.717) is 37.2 Å². The average Bonchev–Trinajstić information content (AvgIpc) is 3.11. The molecule has 48 heavy (non-hydrogen) atoms. The number of carbonyl (C=O) groups is 2. The van der Waals surface area contributed by atoms with E-state index < -0.39 is 0 Å². The summed E-state index contributed by atoms with van der Waals surface area (Å²) in [6, 6.07) is 18.8. The topological polar surface area (TPSA) is 124 Å². The van der Waals surface area contributed by atoms with Gasteiger partial charge in [-0.05, 0) is 87.1 Å². The Kier molecular flexibility index (Phi) is 19.3. The molecule has 1 aliphatic carbocycles. The van der Waals surface area contributed by atoms with E-state index in [1.54, 1.807) is 24.3 Å². The maximum atomic E-state index is 12.7. The first-order valence-corrected chi connectivity index (χ1v) is 18.4. The van der Waals surface area contributed by atoms with Crippen LogP contribution in [0.2, 0.25) is 0 Å². The first-order valence-electron chi connectivity index (χ1n) is 18.4. The van der Waals surface area contributed by atoms with Crippen LogP contribution >= 0.6 is 0 Å². The summed E-state index contributed by atoms with van der Waals surface area (Å²) in [5.41, 5.74) is 1.28.